The third-order valence-corrected chi connectivity index (χ3v) is 0.961. The number of hydrogen-bond donors (Lipinski definition) is 0. The summed E-state index contributed by atoms with van der Waals surface area (Å²) in [5.74, 6) is 0. The molecule has 0 spiro atoms. The molecule has 1 aromatic heterocycles. The fourth-order valence-electron chi connectivity index (χ4n) is 0.550. The van der Waals surface area contributed by atoms with Crippen LogP contribution in [0, 0.1) is 7.11 Å². The Morgan fingerprint density at radius 1 is 1.70 bits per heavy atom. The Morgan fingerprint density at radius 2 is 2.60 bits per heavy atom. The van der Waals surface area contributed by atoms with E-state index >= 15 is 0 Å². The van der Waals surface area contributed by atoms with Crippen LogP contribution in [0.1, 0.15) is 5.56 Å². The van der Waals surface area contributed by atoms with Crippen LogP contribution in [0.25, 0.3) is 0 Å². The van der Waals surface area contributed by atoms with Crippen LogP contribution in [0.15, 0.2) is 29.7 Å². The first kappa shape index (κ1) is 6.74. The second kappa shape index (κ2) is 3.61. The molecule has 1 rings (SSSR count). The van der Waals surface area contributed by atoms with Crippen molar-refractivity contribution in [2.24, 2.45) is 5.16 Å². The molecule has 0 aliphatic rings. The standard InChI is InChI=1S/C7H7N2O/c1-10-9-6-7-3-2-4-8-5-7/h2-6H,1H2/b9-6+. The van der Waals surface area contributed by atoms with E-state index in [-0.39, 0.29) is 0 Å². The van der Waals surface area contributed by atoms with Crippen LogP contribution in [-0.2, 0) is 4.84 Å². The minimum Gasteiger partial charge on any atom is -0.392 e. The zero-order chi connectivity index (χ0) is 7.23. The summed E-state index contributed by atoms with van der Waals surface area (Å²) in [5, 5.41) is 3.47. The first-order valence-electron chi connectivity index (χ1n) is 2.78. The van der Waals surface area contributed by atoms with Gasteiger partial charge in [-0.3, -0.25) is 4.98 Å². The Bertz CT molecular complexity index is 208. The van der Waals surface area contributed by atoms with Crippen molar-refractivity contribution in [2.75, 3.05) is 0 Å². The topological polar surface area (TPSA) is 34.5 Å². The van der Waals surface area contributed by atoms with Gasteiger partial charge in [0.25, 0.3) is 0 Å². The van der Waals surface area contributed by atoms with Crippen molar-refractivity contribution in [3.8, 4) is 0 Å². The smallest absolute Gasteiger partial charge is 0.153 e. The predicted octanol–water partition coefficient (Wildman–Crippen LogP) is 1.22. The van der Waals surface area contributed by atoms with Crippen LogP contribution in [0.5, 0.6) is 0 Å². The van der Waals surface area contributed by atoms with Crippen molar-refractivity contribution in [1.29, 1.82) is 0 Å². The lowest BCUT2D eigenvalue weighted by Crippen LogP contribution is -1.80. The van der Waals surface area contributed by atoms with Crippen molar-refractivity contribution in [3.63, 3.8) is 0 Å². The van der Waals surface area contributed by atoms with Crippen LogP contribution in [0.3, 0.4) is 0 Å². The highest BCUT2D eigenvalue weighted by molar-refractivity contribution is 5.78. The molecule has 1 aromatic rings. The second-order valence-corrected chi connectivity index (χ2v) is 1.65. The minimum atomic E-state index is 0.895. The van der Waals surface area contributed by atoms with E-state index in [0.717, 1.165) is 5.56 Å². The van der Waals surface area contributed by atoms with Gasteiger partial charge in [-0.25, -0.2) is 0 Å². The minimum absolute atomic E-state index is 0.895. The fraction of sp³-hybridized carbons (Fsp3) is 0. The van der Waals surface area contributed by atoms with Crippen LogP contribution >= 0.6 is 0 Å². The summed E-state index contributed by atoms with van der Waals surface area (Å²) in [5.41, 5.74) is 0.895. The molecule has 0 N–H and O–H groups in total. The Kier molecular flexibility index (Phi) is 2.43. The van der Waals surface area contributed by atoms with Gasteiger partial charge in [0.15, 0.2) is 7.11 Å². The van der Waals surface area contributed by atoms with Gasteiger partial charge in [0.05, 0.1) is 6.21 Å². The van der Waals surface area contributed by atoms with Gasteiger partial charge in [-0.2, -0.15) is 0 Å². The van der Waals surface area contributed by atoms with E-state index in [1.807, 2.05) is 12.1 Å². The Hall–Kier alpha value is -1.38. The molecule has 0 aromatic carbocycles. The van der Waals surface area contributed by atoms with Crippen molar-refractivity contribution >= 4 is 6.21 Å². The SMILES string of the molecule is [CH2]O/N=C/c1cccnc1. The van der Waals surface area contributed by atoms with Gasteiger partial charge >= 0.3 is 0 Å². The summed E-state index contributed by atoms with van der Waals surface area (Å²) in [4.78, 5) is 8.11. The summed E-state index contributed by atoms with van der Waals surface area (Å²) in [6.07, 6.45) is 4.92. The molecular formula is C7H7N2O. The molecule has 1 heterocycles. The molecular weight excluding hydrogens is 128 g/mol. The molecule has 10 heavy (non-hydrogen) atoms. The van der Waals surface area contributed by atoms with Gasteiger partial charge in [0.1, 0.15) is 0 Å². The van der Waals surface area contributed by atoms with E-state index in [0.29, 0.717) is 0 Å². The summed E-state index contributed by atoms with van der Waals surface area (Å²) in [7, 11) is 3.08. The fourth-order valence-corrected chi connectivity index (χ4v) is 0.550. The average molecular weight is 135 g/mol. The molecule has 0 amide bonds. The average Bonchev–Trinajstić information content (AvgIpc) is 2.03. The molecule has 0 fully saturated rings. The second-order valence-electron chi connectivity index (χ2n) is 1.65. The Morgan fingerprint density at radius 3 is 3.20 bits per heavy atom. The number of aromatic nitrogens is 1. The molecule has 0 aliphatic heterocycles. The number of oxime groups is 1. The molecule has 3 nitrogen and oxygen atoms in total. The van der Waals surface area contributed by atoms with Gasteiger partial charge in [0, 0.05) is 18.0 Å². The monoisotopic (exact) mass is 135 g/mol. The third-order valence-electron chi connectivity index (χ3n) is 0.961. The highest BCUT2D eigenvalue weighted by Gasteiger charge is 1.82. The zero-order valence-electron chi connectivity index (χ0n) is 5.40. The van der Waals surface area contributed by atoms with E-state index in [1.54, 1.807) is 18.6 Å². The van der Waals surface area contributed by atoms with E-state index in [1.165, 1.54) is 0 Å². The third kappa shape index (κ3) is 1.85. The van der Waals surface area contributed by atoms with Gasteiger partial charge in [-0.15, -0.1) is 0 Å². The largest absolute Gasteiger partial charge is 0.392 e. The number of nitrogens with zero attached hydrogens (tertiary/aromatic N) is 2. The Labute approximate surface area is 59.3 Å². The maximum absolute atomic E-state index is 4.24. The van der Waals surface area contributed by atoms with Crippen molar-refractivity contribution in [3.05, 3.63) is 37.2 Å². The van der Waals surface area contributed by atoms with Crippen molar-refractivity contribution in [1.82, 2.24) is 4.98 Å². The normalized spacial score (nSPS) is 10.1. The molecule has 51 valence electrons. The van der Waals surface area contributed by atoms with E-state index in [2.05, 4.69) is 22.1 Å². The maximum atomic E-state index is 4.24. The molecule has 0 aliphatic carbocycles. The highest BCUT2D eigenvalue weighted by atomic mass is 16.6. The quantitative estimate of drug-likeness (QED) is 0.451. The van der Waals surface area contributed by atoms with Gasteiger partial charge in [-0.05, 0) is 6.07 Å². The van der Waals surface area contributed by atoms with Gasteiger partial charge in [0.2, 0.25) is 0 Å². The predicted molar refractivity (Wildman–Crippen MR) is 38.3 cm³/mol. The number of rotatable bonds is 2. The number of pyridine rings is 1. The highest BCUT2D eigenvalue weighted by Crippen LogP contribution is 1.89. The van der Waals surface area contributed by atoms with Crippen LogP contribution < -0.4 is 0 Å². The van der Waals surface area contributed by atoms with E-state index in [4.69, 9.17) is 0 Å². The molecule has 0 bridgehead atoms. The lowest BCUT2D eigenvalue weighted by Gasteiger charge is -1.87. The summed E-state index contributed by atoms with van der Waals surface area (Å²) < 4.78 is 0. The molecule has 1 radical (unpaired) electrons. The Balaban J connectivity index is 2.67. The molecule has 0 atom stereocenters. The molecule has 0 unspecified atom stereocenters. The maximum Gasteiger partial charge on any atom is 0.153 e. The van der Waals surface area contributed by atoms with E-state index in [9.17, 15) is 0 Å². The summed E-state index contributed by atoms with van der Waals surface area (Å²) in [6.45, 7) is 0. The molecule has 3 heteroatoms. The van der Waals surface area contributed by atoms with Crippen molar-refractivity contribution in [2.45, 2.75) is 0 Å². The first-order valence-corrected chi connectivity index (χ1v) is 2.78. The lowest BCUT2D eigenvalue weighted by atomic mass is 10.3. The molecule has 0 saturated heterocycles. The molecule has 0 saturated carbocycles. The summed E-state index contributed by atoms with van der Waals surface area (Å²) in [6, 6.07) is 3.69. The number of hydrogen-bond acceptors (Lipinski definition) is 3. The van der Waals surface area contributed by atoms with Crippen molar-refractivity contribution < 1.29 is 4.84 Å². The zero-order valence-corrected chi connectivity index (χ0v) is 5.40. The first-order chi connectivity index (χ1) is 4.93. The van der Waals surface area contributed by atoms with Crippen LogP contribution in [0.4, 0.5) is 0 Å². The van der Waals surface area contributed by atoms with Gasteiger partial charge in [-0.1, -0.05) is 11.2 Å². The van der Waals surface area contributed by atoms with E-state index < -0.39 is 0 Å². The lowest BCUT2D eigenvalue weighted by molar-refractivity contribution is 0.262. The van der Waals surface area contributed by atoms with Crippen LogP contribution in [-0.4, -0.2) is 11.2 Å². The van der Waals surface area contributed by atoms with Crippen LogP contribution in [0.2, 0.25) is 0 Å². The summed E-state index contributed by atoms with van der Waals surface area (Å²) >= 11 is 0. The van der Waals surface area contributed by atoms with Gasteiger partial charge < -0.3 is 4.84 Å².